The first-order valence-electron chi connectivity index (χ1n) is 9.45. The van der Waals surface area contributed by atoms with Crippen LogP contribution in [0, 0.1) is 6.92 Å². The van der Waals surface area contributed by atoms with E-state index in [4.69, 9.17) is 0 Å². The van der Waals surface area contributed by atoms with Crippen LogP contribution in [0.4, 0.5) is 13.2 Å². The van der Waals surface area contributed by atoms with Gasteiger partial charge in [-0.25, -0.2) is 9.67 Å². The normalized spacial score (nSPS) is 15.6. The smallest absolute Gasteiger partial charge is 0.352 e. The number of amides is 1. The SMILES string of the molecule is Cc1c(C(=O)NCCCN2CCCCC2)cnn1-c1ccc(C(F)(F)F)cn1. The molecule has 1 N–H and O–H groups in total. The number of likely N-dealkylation sites (tertiary alicyclic amines) is 1. The number of nitrogens with zero attached hydrogens (tertiary/aromatic N) is 4. The molecule has 0 spiro atoms. The van der Waals surface area contributed by atoms with Crippen LogP contribution in [0.5, 0.6) is 0 Å². The average Bonchev–Trinajstić information content (AvgIpc) is 3.07. The summed E-state index contributed by atoms with van der Waals surface area (Å²) in [6.45, 7) is 5.47. The fraction of sp³-hybridized carbons (Fsp3) is 0.526. The Morgan fingerprint density at radius 3 is 2.57 bits per heavy atom. The number of alkyl halides is 3. The minimum Gasteiger partial charge on any atom is -0.352 e. The van der Waals surface area contributed by atoms with Crippen LogP contribution in [0.2, 0.25) is 0 Å². The lowest BCUT2D eigenvalue weighted by Gasteiger charge is -2.26. The van der Waals surface area contributed by atoms with Crippen LogP contribution < -0.4 is 5.32 Å². The monoisotopic (exact) mass is 395 g/mol. The summed E-state index contributed by atoms with van der Waals surface area (Å²) in [5.74, 6) is -0.0102. The van der Waals surface area contributed by atoms with Crippen LogP contribution in [0.1, 0.15) is 47.3 Å². The van der Waals surface area contributed by atoms with Gasteiger partial charge in [0.25, 0.3) is 5.91 Å². The van der Waals surface area contributed by atoms with Crippen molar-refractivity contribution in [2.45, 2.75) is 38.8 Å². The fourth-order valence-electron chi connectivity index (χ4n) is 3.33. The van der Waals surface area contributed by atoms with E-state index in [2.05, 4.69) is 20.3 Å². The molecule has 0 aliphatic carbocycles. The first kappa shape index (κ1) is 20.3. The third-order valence-electron chi connectivity index (χ3n) is 4.93. The molecule has 152 valence electrons. The third kappa shape index (κ3) is 4.89. The molecule has 3 rings (SSSR count). The number of hydrogen-bond acceptors (Lipinski definition) is 4. The standard InChI is InChI=1S/C19H24F3N5O/c1-14-16(18(28)23-8-5-11-26-9-3-2-4-10-26)13-25-27(14)17-7-6-15(12-24-17)19(20,21)22/h6-7,12-13H,2-5,8-11H2,1H3,(H,23,28). The topological polar surface area (TPSA) is 63.1 Å². The summed E-state index contributed by atoms with van der Waals surface area (Å²) in [4.78, 5) is 18.6. The first-order valence-corrected chi connectivity index (χ1v) is 9.45. The molecule has 28 heavy (non-hydrogen) atoms. The third-order valence-corrected chi connectivity index (χ3v) is 4.93. The number of aromatic nitrogens is 3. The van der Waals surface area contributed by atoms with E-state index in [-0.39, 0.29) is 11.7 Å². The predicted molar refractivity (Wildman–Crippen MR) is 98.3 cm³/mol. The molecule has 0 atom stereocenters. The maximum Gasteiger partial charge on any atom is 0.417 e. The van der Waals surface area contributed by atoms with E-state index in [9.17, 15) is 18.0 Å². The van der Waals surface area contributed by atoms with Crippen molar-refractivity contribution in [1.82, 2.24) is 25.0 Å². The van der Waals surface area contributed by atoms with Crippen molar-refractivity contribution < 1.29 is 18.0 Å². The molecule has 0 bridgehead atoms. The quantitative estimate of drug-likeness (QED) is 0.763. The lowest BCUT2D eigenvalue weighted by atomic mass is 10.1. The predicted octanol–water partition coefficient (Wildman–Crippen LogP) is 3.20. The Hall–Kier alpha value is -2.42. The molecular weight excluding hydrogens is 371 g/mol. The van der Waals surface area contributed by atoms with Gasteiger partial charge in [-0.05, 0) is 58.0 Å². The van der Waals surface area contributed by atoms with Crippen molar-refractivity contribution in [3.05, 3.63) is 41.3 Å². The molecule has 2 aromatic rings. The highest BCUT2D eigenvalue weighted by molar-refractivity contribution is 5.95. The number of hydrogen-bond donors (Lipinski definition) is 1. The molecule has 1 saturated heterocycles. The Morgan fingerprint density at radius 2 is 1.93 bits per heavy atom. The number of halogens is 3. The second kappa shape index (κ2) is 8.72. The second-order valence-electron chi connectivity index (χ2n) is 6.97. The highest BCUT2D eigenvalue weighted by Gasteiger charge is 2.30. The van der Waals surface area contributed by atoms with E-state index < -0.39 is 11.7 Å². The van der Waals surface area contributed by atoms with Crippen LogP contribution in [-0.4, -0.2) is 51.8 Å². The molecule has 1 aliphatic rings. The summed E-state index contributed by atoms with van der Waals surface area (Å²) in [6.07, 6.45) is 2.38. The Bertz CT molecular complexity index is 795. The van der Waals surface area contributed by atoms with Gasteiger partial charge >= 0.3 is 6.18 Å². The molecule has 9 heteroatoms. The first-order chi connectivity index (χ1) is 13.4. The largest absolute Gasteiger partial charge is 0.417 e. The molecule has 0 radical (unpaired) electrons. The van der Waals surface area contributed by atoms with Gasteiger partial charge in [0.05, 0.1) is 23.0 Å². The minimum absolute atomic E-state index is 0.231. The van der Waals surface area contributed by atoms with Gasteiger partial charge in [0.2, 0.25) is 0 Å². The molecule has 2 aromatic heterocycles. The zero-order valence-electron chi connectivity index (χ0n) is 15.8. The lowest BCUT2D eigenvalue weighted by molar-refractivity contribution is -0.137. The zero-order valence-corrected chi connectivity index (χ0v) is 15.8. The minimum atomic E-state index is -4.44. The summed E-state index contributed by atoms with van der Waals surface area (Å²) >= 11 is 0. The molecule has 1 aliphatic heterocycles. The van der Waals surface area contributed by atoms with Gasteiger partial charge in [0, 0.05) is 12.7 Å². The van der Waals surface area contributed by atoms with E-state index >= 15 is 0 Å². The molecule has 1 fully saturated rings. The average molecular weight is 395 g/mol. The summed E-state index contributed by atoms with van der Waals surface area (Å²) in [5.41, 5.74) is 0.0909. The molecule has 0 aromatic carbocycles. The van der Waals surface area contributed by atoms with Gasteiger partial charge in [-0.2, -0.15) is 18.3 Å². The molecule has 1 amide bonds. The summed E-state index contributed by atoms with van der Waals surface area (Å²) in [6, 6.07) is 2.19. The van der Waals surface area contributed by atoms with Gasteiger partial charge in [-0.15, -0.1) is 0 Å². The van der Waals surface area contributed by atoms with Crippen molar-refractivity contribution in [2.24, 2.45) is 0 Å². The number of piperidine rings is 1. The Labute approximate surface area is 161 Å². The molecule has 0 saturated carbocycles. The van der Waals surface area contributed by atoms with Crippen LogP contribution in [0.15, 0.2) is 24.5 Å². The number of pyridine rings is 1. The number of carbonyl (C=O) groups is 1. The van der Waals surface area contributed by atoms with E-state index in [1.54, 1.807) is 6.92 Å². The molecule has 0 unspecified atom stereocenters. The number of carbonyl (C=O) groups excluding carboxylic acids is 1. The van der Waals surface area contributed by atoms with Crippen LogP contribution in [0.25, 0.3) is 5.82 Å². The van der Waals surface area contributed by atoms with Crippen molar-refractivity contribution in [3.63, 3.8) is 0 Å². The number of rotatable bonds is 6. The van der Waals surface area contributed by atoms with Crippen LogP contribution in [-0.2, 0) is 6.18 Å². The van der Waals surface area contributed by atoms with Crippen LogP contribution >= 0.6 is 0 Å². The Kier molecular flexibility index (Phi) is 6.33. The summed E-state index contributed by atoms with van der Waals surface area (Å²) in [5, 5.41) is 6.99. The van der Waals surface area contributed by atoms with E-state index in [0.717, 1.165) is 38.3 Å². The van der Waals surface area contributed by atoms with Gasteiger partial charge in [0.1, 0.15) is 0 Å². The second-order valence-corrected chi connectivity index (χ2v) is 6.97. The van der Waals surface area contributed by atoms with Crippen molar-refractivity contribution in [3.8, 4) is 5.82 Å². The van der Waals surface area contributed by atoms with Crippen molar-refractivity contribution in [1.29, 1.82) is 0 Å². The van der Waals surface area contributed by atoms with E-state index in [1.165, 1.54) is 36.2 Å². The van der Waals surface area contributed by atoms with E-state index in [1.807, 2.05) is 0 Å². The van der Waals surface area contributed by atoms with Crippen LogP contribution in [0.3, 0.4) is 0 Å². The Morgan fingerprint density at radius 1 is 1.18 bits per heavy atom. The molecule has 3 heterocycles. The Balaban J connectivity index is 1.56. The highest BCUT2D eigenvalue weighted by atomic mass is 19.4. The maximum atomic E-state index is 12.7. The van der Waals surface area contributed by atoms with Crippen molar-refractivity contribution in [2.75, 3.05) is 26.2 Å². The van der Waals surface area contributed by atoms with E-state index in [0.29, 0.717) is 17.8 Å². The molecule has 6 nitrogen and oxygen atoms in total. The molecular formula is C19H24F3N5O. The van der Waals surface area contributed by atoms with Gasteiger partial charge in [-0.1, -0.05) is 6.42 Å². The maximum absolute atomic E-state index is 12.7. The van der Waals surface area contributed by atoms with Gasteiger partial charge in [0.15, 0.2) is 5.82 Å². The summed E-state index contributed by atoms with van der Waals surface area (Å²) in [7, 11) is 0. The zero-order chi connectivity index (χ0) is 20.1. The van der Waals surface area contributed by atoms with Gasteiger partial charge < -0.3 is 10.2 Å². The highest BCUT2D eigenvalue weighted by Crippen LogP contribution is 2.28. The fourth-order valence-corrected chi connectivity index (χ4v) is 3.33. The van der Waals surface area contributed by atoms with Gasteiger partial charge in [-0.3, -0.25) is 4.79 Å². The lowest BCUT2D eigenvalue weighted by Crippen LogP contribution is -2.33. The summed E-state index contributed by atoms with van der Waals surface area (Å²) < 4.78 is 39.3. The number of nitrogens with one attached hydrogen (secondary N) is 1. The van der Waals surface area contributed by atoms with Crippen molar-refractivity contribution >= 4 is 5.91 Å².